The average Bonchev–Trinajstić information content (AvgIpc) is 2.76. The molecule has 1 saturated heterocycles. The normalized spacial score (nSPS) is 14.2. The molecule has 1 aromatic carbocycles. The van der Waals surface area contributed by atoms with Crippen LogP contribution in [0, 0.1) is 5.82 Å². The van der Waals surface area contributed by atoms with Crippen molar-refractivity contribution in [2.24, 2.45) is 0 Å². The van der Waals surface area contributed by atoms with E-state index in [4.69, 9.17) is 0 Å². The Bertz CT molecular complexity index is 1120. The molecule has 0 radical (unpaired) electrons. The second-order valence-corrected chi connectivity index (χ2v) is 6.99. The highest BCUT2D eigenvalue weighted by molar-refractivity contribution is 5.91. The van der Waals surface area contributed by atoms with Crippen molar-refractivity contribution in [2.45, 2.75) is 6.54 Å². The van der Waals surface area contributed by atoms with Crippen molar-refractivity contribution < 1.29 is 9.18 Å². The van der Waals surface area contributed by atoms with Crippen molar-refractivity contribution in [3.8, 4) is 0 Å². The second-order valence-electron chi connectivity index (χ2n) is 6.99. The minimum absolute atomic E-state index is 0.0779. The highest BCUT2D eigenvalue weighted by Gasteiger charge is 2.22. The van der Waals surface area contributed by atoms with E-state index in [1.165, 1.54) is 18.2 Å². The molecule has 0 unspecified atom stereocenters. The molecule has 3 heterocycles. The molecule has 1 aliphatic rings. The molecule has 1 aliphatic heterocycles. The van der Waals surface area contributed by atoms with Crippen LogP contribution in [0.25, 0.3) is 10.9 Å². The van der Waals surface area contributed by atoms with Gasteiger partial charge in [0.1, 0.15) is 5.82 Å². The first-order valence-corrected chi connectivity index (χ1v) is 9.45. The molecule has 29 heavy (non-hydrogen) atoms. The summed E-state index contributed by atoms with van der Waals surface area (Å²) >= 11 is 0. The summed E-state index contributed by atoms with van der Waals surface area (Å²) in [5.74, 6) is -0.384. The van der Waals surface area contributed by atoms with E-state index >= 15 is 0 Å². The first kappa shape index (κ1) is 18.9. The maximum atomic E-state index is 13.2. The number of hydrogen-bond donors (Lipinski definition) is 0. The number of amides is 1. The lowest BCUT2D eigenvalue weighted by atomic mass is 10.1. The predicted molar refractivity (Wildman–Crippen MR) is 110 cm³/mol. The summed E-state index contributed by atoms with van der Waals surface area (Å²) in [4.78, 5) is 32.9. The molecule has 7 heteroatoms. The topological polar surface area (TPSA) is 58.4 Å². The Balaban J connectivity index is 1.69. The lowest BCUT2D eigenvalue weighted by Gasteiger charge is -2.36. The lowest BCUT2D eigenvalue weighted by molar-refractivity contribution is -0.126. The number of carbonyl (C=O) groups is 1. The lowest BCUT2D eigenvalue weighted by Crippen LogP contribution is -2.48. The predicted octanol–water partition coefficient (Wildman–Crippen LogP) is 2.42. The summed E-state index contributed by atoms with van der Waals surface area (Å²) in [5.41, 5.74) is 2.30. The Hall–Kier alpha value is -3.48. The molecular weight excluding hydrogens is 371 g/mol. The monoisotopic (exact) mass is 392 g/mol. The Morgan fingerprint density at radius 1 is 1.14 bits per heavy atom. The fourth-order valence-electron chi connectivity index (χ4n) is 3.71. The fraction of sp³-hybridized carbons (Fsp3) is 0.227. The second kappa shape index (κ2) is 7.87. The molecule has 0 aliphatic carbocycles. The van der Waals surface area contributed by atoms with Crippen LogP contribution in [0.5, 0.6) is 0 Å². The van der Waals surface area contributed by atoms with Crippen LogP contribution in [-0.2, 0) is 11.3 Å². The molecule has 6 nitrogen and oxygen atoms in total. The van der Waals surface area contributed by atoms with Crippen molar-refractivity contribution in [3.05, 3.63) is 83.2 Å². The SMILES string of the molecule is C=CC(=O)N1CCN(c2cc(=O)n(Cc3ccc(F)cc3)c3ccncc23)CC1. The van der Waals surface area contributed by atoms with Crippen LogP contribution in [0.3, 0.4) is 0 Å². The summed E-state index contributed by atoms with van der Waals surface area (Å²) in [5, 5.41) is 0.873. The first-order chi connectivity index (χ1) is 14.1. The van der Waals surface area contributed by atoms with E-state index in [9.17, 15) is 14.0 Å². The minimum atomic E-state index is -0.306. The van der Waals surface area contributed by atoms with E-state index in [1.807, 2.05) is 6.07 Å². The Morgan fingerprint density at radius 2 is 1.86 bits per heavy atom. The van der Waals surface area contributed by atoms with Crippen LogP contribution in [-0.4, -0.2) is 46.5 Å². The number of fused-ring (bicyclic) bond motifs is 1. The molecule has 1 fully saturated rings. The van der Waals surface area contributed by atoms with Crippen molar-refractivity contribution in [1.29, 1.82) is 0 Å². The van der Waals surface area contributed by atoms with Gasteiger partial charge in [0.25, 0.3) is 5.56 Å². The zero-order chi connectivity index (χ0) is 20.4. The number of rotatable bonds is 4. The van der Waals surface area contributed by atoms with Gasteiger partial charge in [-0.1, -0.05) is 18.7 Å². The third-order valence-corrected chi connectivity index (χ3v) is 5.25. The van der Waals surface area contributed by atoms with Gasteiger partial charge < -0.3 is 14.4 Å². The van der Waals surface area contributed by atoms with E-state index in [0.29, 0.717) is 32.7 Å². The highest BCUT2D eigenvalue weighted by atomic mass is 19.1. The zero-order valence-corrected chi connectivity index (χ0v) is 15.9. The zero-order valence-electron chi connectivity index (χ0n) is 15.9. The van der Waals surface area contributed by atoms with E-state index in [2.05, 4.69) is 16.5 Å². The van der Waals surface area contributed by atoms with E-state index in [1.54, 1.807) is 40.1 Å². The Morgan fingerprint density at radius 3 is 2.55 bits per heavy atom. The van der Waals surface area contributed by atoms with Gasteiger partial charge >= 0.3 is 0 Å². The van der Waals surface area contributed by atoms with Gasteiger partial charge in [0.15, 0.2) is 0 Å². The summed E-state index contributed by atoms with van der Waals surface area (Å²) in [7, 11) is 0. The molecule has 0 bridgehead atoms. The number of halogens is 1. The van der Waals surface area contributed by atoms with Gasteiger partial charge in [-0.15, -0.1) is 0 Å². The third-order valence-electron chi connectivity index (χ3n) is 5.25. The van der Waals surface area contributed by atoms with Gasteiger partial charge in [0.05, 0.1) is 17.7 Å². The number of pyridine rings is 2. The molecule has 148 valence electrons. The summed E-state index contributed by atoms with van der Waals surface area (Å²) in [6, 6.07) is 9.59. The van der Waals surface area contributed by atoms with Crippen LogP contribution in [0.15, 0.2) is 66.2 Å². The number of piperazine rings is 1. The Kier molecular flexibility index (Phi) is 5.12. The molecular formula is C22H21FN4O2. The van der Waals surface area contributed by atoms with Crippen molar-refractivity contribution >= 4 is 22.5 Å². The highest BCUT2D eigenvalue weighted by Crippen LogP contribution is 2.26. The number of benzene rings is 1. The van der Waals surface area contributed by atoms with Crippen LogP contribution >= 0.6 is 0 Å². The molecule has 0 N–H and O–H groups in total. The summed E-state index contributed by atoms with van der Waals surface area (Å²) in [6.07, 6.45) is 4.74. The molecule has 0 atom stereocenters. The fourth-order valence-corrected chi connectivity index (χ4v) is 3.71. The number of aromatic nitrogens is 2. The van der Waals surface area contributed by atoms with Gasteiger partial charge in [-0.05, 0) is 29.8 Å². The standard InChI is InChI=1S/C22H21FN4O2/c1-2-21(28)26-11-9-25(10-12-26)20-13-22(29)27(19-7-8-24-14-18(19)20)15-16-3-5-17(23)6-4-16/h2-8,13-14H,1,9-12,15H2. The smallest absolute Gasteiger partial charge is 0.253 e. The van der Waals surface area contributed by atoms with Crippen LogP contribution in [0.1, 0.15) is 5.56 Å². The number of nitrogens with zero attached hydrogens (tertiary/aromatic N) is 4. The van der Waals surface area contributed by atoms with Crippen molar-refractivity contribution in [2.75, 3.05) is 31.1 Å². The maximum absolute atomic E-state index is 13.2. The minimum Gasteiger partial charge on any atom is -0.367 e. The van der Waals surface area contributed by atoms with E-state index in [0.717, 1.165) is 22.2 Å². The van der Waals surface area contributed by atoms with Gasteiger partial charge in [-0.25, -0.2) is 4.39 Å². The Labute approximate surface area is 167 Å². The molecule has 4 rings (SSSR count). The molecule has 1 amide bonds. The molecule has 0 spiro atoms. The van der Waals surface area contributed by atoms with Gasteiger partial charge in [-0.3, -0.25) is 14.6 Å². The molecule has 2 aromatic heterocycles. The van der Waals surface area contributed by atoms with Gasteiger partial charge in [0.2, 0.25) is 5.91 Å². The number of carbonyl (C=O) groups excluding carboxylic acids is 1. The number of anilines is 1. The third kappa shape index (κ3) is 3.76. The van der Waals surface area contributed by atoms with Crippen molar-refractivity contribution in [3.63, 3.8) is 0 Å². The van der Waals surface area contributed by atoms with E-state index in [-0.39, 0.29) is 17.3 Å². The largest absolute Gasteiger partial charge is 0.367 e. The average molecular weight is 392 g/mol. The van der Waals surface area contributed by atoms with Crippen LogP contribution < -0.4 is 10.5 Å². The maximum Gasteiger partial charge on any atom is 0.253 e. The quantitative estimate of drug-likeness (QED) is 0.640. The summed E-state index contributed by atoms with van der Waals surface area (Å²) in [6.45, 7) is 6.29. The van der Waals surface area contributed by atoms with Crippen LogP contribution in [0.4, 0.5) is 10.1 Å². The van der Waals surface area contributed by atoms with Crippen LogP contribution in [0.2, 0.25) is 0 Å². The molecule has 3 aromatic rings. The van der Waals surface area contributed by atoms with Gasteiger partial charge in [0, 0.05) is 50.0 Å². The van der Waals surface area contributed by atoms with Crippen molar-refractivity contribution in [1.82, 2.24) is 14.5 Å². The van der Waals surface area contributed by atoms with E-state index < -0.39 is 0 Å². The first-order valence-electron chi connectivity index (χ1n) is 9.45. The molecule has 0 saturated carbocycles. The van der Waals surface area contributed by atoms with Gasteiger partial charge in [-0.2, -0.15) is 0 Å². The number of hydrogen-bond acceptors (Lipinski definition) is 4. The summed E-state index contributed by atoms with van der Waals surface area (Å²) < 4.78 is 14.9.